The van der Waals surface area contributed by atoms with Crippen molar-refractivity contribution >= 4 is 23.3 Å². The summed E-state index contributed by atoms with van der Waals surface area (Å²) < 4.78 is 5.90. The van der Waals surface area contributed by atoms with Gasteiger partial charge in [-0.25, -0.2) is 0 Å². The molecule has 1 heterocycles. The minimum atomic E-state index is -0.195. The zero-order chi connectivity index (χ0) is 18.0. The van der Waals surface area contributed by atoms with Crippen LogP contribution in [0.15, 0.2) is 45.0 Å². The molecule has 3 rings (SSSR count). The summed E-state index contributed by atoms with van der Waals surface area (Å²) in [7, 11) is 1.73. The highest BCUT2D eigenvalue weighted by Gasteiger charge is 2.29. The van der Waals surface area contributed by atoms with E-state index in [0.717, 1.165) is 47.5 Å². The lowest BCUT2D eigenvalue weighted by Gasteiger charge is -2.16. The zero-order valence-electron chi connectivity index (χ0n) is 14.3. The maximum Gasteiger partial charge on any atom is 0.294 e. The second-order valence-electron chi connectivity index (χ2n) is 5.98. The molecule has 130 valence electrons. The smallest absolute Gasteiger partial charge is 0.294 e. The van der Waals surface area contributed by atoms with E-state index in [1.165, 1.54) is 0 Å². The van der Waals surface area contributed by atoms with Crippen molar-refractivity contribution in [2.75, 3.05) is 11.9 Å². The molecule has 2 aromatic rings. The molecule has 0 radical (unpaired) electrons. The van der Waals surface area contributed by atoms with Crippen LogP contribution in [-0.2, 0) is 6.42 Å². The van der Waals surface area contributed by atoms with Crippen molar-refractivity contribution in [3.05, 3.63) is 53.0 Å². The summed E-state index contributed by atoms with van der Waals surface area (Å²) in [5.41, 5.74) is 13.9. The number of benzene rings is 1. The van der Waals surface area contributed by atoms with E-state index in [-0.39, 0.29) is 11.9 Å². The number of furan rings is 1. The van der Waals surface area contributed by atoms with E-state index >= 15 is 0 Å². The lowest BCUT2D eigenvalue weighted by Crippen LogP contribution is -2.26. The molecule has 0 saturated carbocycles. The van der Waals surface area contributed by atoms with Gasteiger partial charge in [0.1, 0.15) is 5.76 Å². The number of hydrogen-bond donors (Lipinski definition) is 2. The van der Waals surface area contributed by atoms with Crippen LogP contribution in [0.5, 0.6) is 0 Å². The van der Waals surface area contributed by atoms with Crippen molar-refractivity contribution in [2.24, 2.45) is 21.7 Å². The van der Waals surface area contributed by atoms with E-state index < -0.39 is 0 Å². The number of amides is 1. The van der Waals surface area contributed by atoms with Crippen LogP contribution < -0.4 is 16.4 Å². The largest absolute Gasteiger partial charge is 0.455 e. The van der Waals surface area contributed by atoms with Gasteiger partial charge < -0.3 is 20.8 Å². The maximum atomic E-state index is 12.9. The fraction of sp³-hybridized carbons (Fsp3) is 0.278. The Kier molecular flexibility index (Phi) is 4.56. The summed E-state index contributed by atoms with van der Waals surface area (Å²) in [5, 5.41) is 7.88. The fourth-order valence-corrected chi connectivity index (χ4v) is 3.01. The summed E-state index contributed by atoms with van der Waals surface area (Å²) in [6, 6.07) is 9.44. The Labute approximate surface area is 146 Å². The summed E-state index contributed by atoms with van der Waals surface area (Å²) in [5.74, 6) is 0.800. The van der Waals surface area contributed by atoms with Crippen LogP contribution in [0.2, 0.25) is 0 Å². The van der Waals surface area contributed by atoms with Crippen LogP contribution >= 0.6 is 0 Å². The number of hydrogen-bond acceptors (Lipinski definition) is 4. The van der Waals surface area contributed by atoms with Crippen LogP contribution in [0.4, 0.5) is 5.69 Å². The van der Waals surface area contributed by atoms with Crippen LogP contribution in [0.25, 0.3) is 0 Å². The predicted octanol–water partition coefficient (Wildman–Crippen LogP) is 2.18. The van der Waals surface area contributed by atoms with E-state index in [1.807, 2.05) is 37.3 Å². The molecule has 0 saturated heterocycles. The first kappa shape index (κ1) is 16.8. The Bertz CT molecular complexity index is 848. The molecule has 7 nitrogen and oxygen atoms in total. The van der Waals surface area contributed by atoms with Gasteiger partial charge in [-0.05, 0) is 31.9 Å². The Morgan fingerprint density at radius 1 is 1.20 bits per heavy atom. The lowest BCUT2D eigenvalue weighted by atomic mass is 9.93. The van der Waals surface area contributed by atoms with E-state index in [0.29, 0.717) is 5.76 Å². The van der Waals surface area contributed by atoms with Gasteiger partial charge in [-0.1, -0.05) is 18.2 Å². The van der Waals surface area contributed by atoms with Gasteiger partial charge in [-0.2, -0.15) is 5.10 Å². The van der Waals surface area contributed by atoms with Gasteiger partial charge in [0.15, 0.2) is 5.76 Å². The van der Waals surface area contributed by atoms with Crippen molar-refractivity contribution in [2.45, 2.75) is 26.2 Å². The van der Waals surface area contributed by atoms with Crippen LogP contribution in [0.3, 0.4) is 0 Å². The third kappa shape index (κ3) is 3.26. The van der Waals surface area contributed by atoms with Crippen molar-refractivity contribution in [1.29, 1.82) is 0 Å². The van der Waals surface area contributed by atoms with Crippen molar-refractivity contribution in [1.82, 2.24) is 0 Å². The summed E-state index contributed by atoms with van der Waals surface area (Å²) in [6.45, 7) is 1.87. The molecule has 25 heavy (non-hydrogen) atoms. The highest BCUT2D eigenvalue weighted by Crippen LogP contribution is 2.31. The number of guanidine groups is 1. The first-order valence-corrected chi connectivity index (χ1v) is 8.10. The normalized spacial score (nSPS) is 14.9. The minimum Gasteiger partial charge on any atom is -0.455 e. The SMILES string of the molecule is Cc1c(C(=O)N(C)c2ccccc2)oc2c1/C(=N/N=C(N)N)CCC2. The Hall–Kier alpha value is -3.09. The number of fused-ring (bicyclic) bond motifs is 1. The molecule has 0 unspecified atom stereocenters. The van der Waals surface area contributed by atoms with Gasteiger partial charge in [0.25, 0.3) is 5.91 Å². The van der Waals surface area contributed by atoms with Gasteiger partial charge in [0.05, 0.1) is 5.71 Å². The Morgan fingerprint density at radius 2 is 1.92 bits per heavy atom. The molecule has 1 aliphatic rings. The van der Waals surface area contributed by atoms with E-state index in [2.05, 4.69) is 10.2 Å². The summed E-state index contributed by atoms with van der Waals surface area (Å²) >= 11 is 0. The number of anilines is 1. The van der Waals surface area contributed by atoms with Crippen molar-refractivity contribution < 1.29 is 9.21 Å². The average molecular weight is 339 g/mol. The van der Waals surface area contributed by atoms with Gasteiger partial charge in [0, 0.05) is 30.3 Å². The molecule has 4 N–H and O–H groups in total. The fourth-order valence-electron chi connectivity index (χ4n) is 3.01. The second-order valence-corrected chi connectivity index (χ2v) is 5.98. The molecule has 0 aliphatic heterocycles. The van der Waals surface area contributed by atoms with Crippen LogP contribution in [0.1, 0.15) is 40.3 Å². The average Bonchev–Trinajstić information content (AvgIpc) is 2.97. The number of nitrogens with two attached hydrogens (primary N) is 2. The topological polar surface area (TPSA) is 110 Å². The van der Waals surface area contributed by atoms with E-state index in [4.69, 9.17) is 15.9 Å². The highest BCUT2D eigenvalue weighted by atomic mass is 16.4. The molecule has 1 aromatic carbocycles. The first-order chi connectivity index (χ1) is 12.0. The zero-order valence-corrected chi connectivity index (χ0v) is 14.3. The van der Waals surface area contributed by atoms with Gasteiger partial charge in [-0.15, -0.1) is 5.10 Å². The number of rotatable bonds is 3. The lowest BCUT2D eigenvalue weighted by molar-refractivity contribution is 0.0964. The summed E-state index contributed by atoms with van der Waals surface area (Å²) in [4.78, 5) is 14.5. The minimum absolute atomic E-state index is 0.0964. The van der Waals surface area contributed by atoms with E-state index in [1.54, 1.807) is 11.9 Å². The monoisotopic (exact) mass is 339 g/mol. The third-order valence-corrected chi connectivity index (χ3v) is 4.25. The maximum absolute atomic E-state index is 12.9. The molecular weight excluding hydrogens is 318 g/mol. The number of para-hydroxylation sites is 1. The molecule has 0 spiro atoms. The number of carbonyl (C=O) groups is 1. The standard InChI is InChI=1S/C18H21N5O2/c1-11-15-13(21-22-18(19)20)9-6-10-14(15)25-16(11)17(24)23(2)12-7-4-3-5-8-12/h3-5,7-8H,6,9-10H2,1-2H3,(H4,19,20,22)/b21-13+. The number of carbonyl (C=O) groups excluding carboxylic acids is 1. The first-order valence-electron chi connectivity index (χ1n) is 8.10. The van der Waals surface area contributed by atoms with Gasteiger partial charge in [0.2, 0.25) is 5.96 Å². The molecule has 1 amide bonds. The Morgan fingerprint density at radius 3 is 2.60 bits per heavy atom. The van der Waals surface area contributed by atoms with Gasteiger partial charge in [-0.3, -0.25) is 4.79 Å². The highest BCUT2D eigenvalue weighted by molar-refractivity contribution is 6.09. The molecule has 0 bridgehead atoms. The molecule has 0 fully saturated rings. The van der Waals surface area contributed by atoms with Crippen LogP contribution in [0, 0.1) is 6.92 Å². The second kappa shape index (κ2) is 6.80. The summed E-state index contributed by atoms with van der Waals surface area (Å²) in [6.07, 6.45) is 2.38. The van der Waals surface area contributed by atoms with Gasteiger partial charge >= 0.3 is 0 Å². The van der Waals surface area contributed by atoms with E-state index in [9.17, 15) is 4.79 Å². The predicted molar refractivity (Wildman–Crippen MR) is 97.9 cm³/mol. The molecule has 7 heteroatoms. The number of aryl methyl sites for hydroxylation is 1. The molecule has 0 atom stereocenters. The van der Waals surface area contributed by atoms with Crippen molar-refractivity contribution in [3.63, 3.8) is 0 Å². The number of nitrogens with zero attached hydrogens (tertiary/aromatic N) is 3. The molecular formula is C18H21N5O2. The third-order valence-electron chi connectivity index (χ3n) is 4.25. The van der Waals surface area contributed by atoms with Crippen molar-refractivity contribution in [3.8, 4) is 0 Å². The molecule has 1 aromatic heterocycles. The molecule has 1 aliphatic carbocycles. The van der Waals surface area contributed by atoms with Crippen LogP contribution in [-0.4, -0.2) is 24.6 Å². The Balaban J connectivity index is 1.99. The quantitative estimate of drug-likeness (QED) is 0.507.